The lowest BCUT2D eigenvalue weighted by molar-refractivity contribution is 0.415. The number of nitrogens with zero attached hydrogens (tertiary/aromatic N) is 1. The maximum Gasteiger partial charge on any atom is 0.119 e. The second-order valence-electron chi connectivity index (χ2n) is 7.77. The van der Waals surface area contributed by atoms with Gasteiger partial charge in [-0.05, 0) is 47.4 Å². The smallest absolute Gasteiger partial charge is 0.119 e. The molecule has 0 aromatic heterocycles. The summed E-state index contributed by atoms with van der Waals surface area (Å²) in [4.78, 5) is 2.56. The number of ether oxygens (including phenoxy) is 1. The van der Waals surface area contributed by atoms with Crippen LogP contribution in [0.25, 0.3) is 0 Å². The third-order valence-corrected chi connectivity index (χ3v) is 6.16. The van der Waals surface area contributed by atoms with Crippen LogP contribution in [0.3, 0.4) is 0 Å². The molecular weight excluding hydrogens is 366 g/mol. The van der Waals surface area contributed by atoms with Crippen LogP contribution in [0.15, 0.2) is 115 Å². The summed E-state index contributed by atoms with van der Waals surface area (Å²) in [6, 6.07) is 41.4. The molecule has 2 nitrogen and oxygen atoms in total. The second-order valence-corrected chi connectivity index (χ2v) is 7.77. The molecule has 0 radical (unpaired) electrons. The number of benzene rings is 4. The van der Waals surface area contributed by atoms with Crippen LogP contribution in [0.2, 0.25) is 0 Å². The minimum atomic E-state index is -0.188. The van der Waals surface area contributed by atoms with Gasteiger partial charge in [0.25, 0.3) is 0 Å². The van der Waals surface area contributed by atoms with Crippen LogP contribution in [0, 0.1) is 0 Å². The van der Waals surface area contributed by atoms with Crippen molar-refractivity contribution in [2.45, 2.75) is 18.0 Å². The van der Waals surface area contributed by atoms with Gasteiger partial charge in [-0.25, -0.2) is 0 Å². The molecule has 1 atom stereocenters. The van der Waals surface area contributed by atoms with E-state index < -0.39 is 0 Å². The molecule has 4 aromatic carbocycles. The molecule has 1 saturated heterocycles. The third-order valence-electron chi connectivity index (χ3n) is 6.16. The second kappa shape index (κ2) is 7.72. The quantitative estimate of drug-likeness (QED) is 0.370. The van der Waals surface area contributed by atoms with Crippen LogP contribution in [0.5, 0.6) is 5.75 Å². The maximum absolute atomic E-state index is 5.39. The number of hydrogen-bond donors (Lipinski definition) is 0. The van der Waals surface area contributed by atoms with Crippen molar-refractivity contribution >= 4 is 5.69 Å². The lowest BCUT2D eigenvalue weighted by Gasteiger charge is -2.20. The molecule has 4 aromatic rings. The van der Waals surface area contributed by atoms with Gasteiger partial charge in [-0.15, -0.1) is 0 Å². The Bertz CT molecular complexity index is 1050. The van der Waals surface area contributed by atoms with Crippen LogP contribution in [-0.4, -0.2) is 13.2 Å². The average molecular weight is 392 g/mol. The van der Waals surface area contributed by atoms with Gasteiger partial charge in [0, 0.05) is 5.69 Å². The molecule has 0 saturated carbocycles. The van der Waals surface area contributed by atoms with Crippen molar-refractivity contribution in [1.29, 1.82) is 0 Å². The van der Waals surface area contributed by atoms with E-state index in [1.54, 1.807) is 7.11 Å². The monoisotopic (exact) mass is 391 g/mol. The van der Waals surface area contributed by atoms with Gasteiger partial charge in [0.05, 0.1) is 13.2 Å². The summed E-state index contributed by atoms with van der Waals surface area (Å²) in [5, 5.41) is 0. The molecule has 0 spiro atoms. The van der Waals surface area contributed by atoms with E-state index >= 15 is 0 Å². The molecule has 1 aliphatic heterocycles. The summed E-state index contributed by atoms with van der Waals surface area (Å²) in [6.07, 6.45) is 0.983. The van der Waals surface area contributed by atoms with Crippen molar-refractivity contribution in [3.63, 3.8) is 0 Å². The Balaban J connectivity index is 1.66. The van der Waals surface area contributed by atoms with Gasteiger partial charge in [0.15, 0.2) is 0 Å². The average Bonchev–Trinajstić information content (AvgIpc) is 3.49. The molecule has 0 unspecified atom stereocenters. The van der Waals surface area contributed by atoms with Gasteiger partial charge in [-0.1, -0.05) is 91.0 Å². The zero-order valence-corrected chi connectivity index (χ0v) is 17.1. The van der Waals surface area contributed by atoms with E-state index in [0.717, 1.165) is 12.2 Å². The van der Waals surface area contributed by atoms with E-state index in [1.807, 2.05) is 12.1 Å². The Kier molecular flexibility index (Phi) is 4.76. The van der Waals surface area contributed by atoms with Crippen molar-refractivity contribution < 1.29 is 4.74 Å². The normalized spacial score (nSPS) is 16.8. The predicted octanol–water partition coefficient (Wildman–Crippen LogP) is 6.07. The first-order valence-electron chi connectivity index (χ1n) is 10.4. The Labute approximate surface area is 178 Å². The van der Waals surface area contributed by atoms with E-state index in [1.165, 1.54) is 22.4 Å². The van der Waals surface area contributed by atoms with Crippen molar-refractivity contribution in [2.75, 3.05) is 12.0 Å². The highest BCUT2D eigenvalue weighted by Gasteiger charge is 2.64. The number of anilines is 1. The van der Waals surface area contributed by atoms with E-state index in [-0.39, 0.29) is 5.54 Å². The van der Waals surface area contributed by atoms with Gasteiger partial charge in [-0.2, -0.15) is 0 Å². The Morgan fingerprint density at radius 3 is 1.67 bits per heavy atom. The topological polar surface area (TPSA) is 12.2 Å². The molecule has 0 bridgehead atoms. The van der Waals surface area contributed by atoms with Gasteiger partial charge in [0.2, 0.25) is 0 Å². The summed E-state index contributed by atoms with van der Waals surface area (Å²) in [5.41, 5.74) is 5.03. The highest BCUT2D eigenvalue weighted by atomic mass is 16.5. The number of hydrogen-bond acceptors (Lipinski definition) is 2. The van der Waals surface area contributed by atoms with Gasteiger partial charge in [0.1, 0.15) is 11.3 Å². The van der Waals surface area contributed by atoms with E-state index in [0.29, 0.717) is 6.04 Å². The number of rotatable bonds is 6. The fourth-order valence-corrected chi connectivity index (χ4v) is 4.76. The lowest BCUT2D eigenvalue weighted by Crippen LogP contribution is -2.19. The summed E-state index contributed by atoms with van der Waals surface area (Å²) in [7, 11) is 1.71. The lowest BCUT2D eigenvalue weighted by atomic mass is 9.85. The SMILES string of the molecule is COc1ccc(N2[C@@H](Cc3ccccc3)C2(c2ccccc2)c2ccccc2)cc1. The molecule has 0 N–H and O–H groups in total. The van der Waals surface area contributed by atoms with Crippen molar-refractivity contribution in [2.24, 2.45) is 0 Å². The summed E-state index contributed by atoms with van der Waals surface area (Å²) >= 11 is 0. The molecule has 0 aliphatic carbocycles. The van der Waals surface area contributed by atoms with Crippen LogP contribution < -0.4 is 9.64 Å². The number of methoxy groups -OCH3 is 1. The zero-order chi connectivity index (χ0) is 20.4. The van der Waals surface area contributed by atoms with Crippen LogP contribution in [0.1, 0.15) is 16.7 Å². The Morgan fingerprint density at radius 1 is 0.667 bits per heavy atom. The fraction of sp³-hybridized carbons (Fsp3) is 0.143. The van der Waals surface area contributed by atoms with Crippen molar-refractivity contribution in [1.82, 2.24) is 0 Å². The summed E-state index contributed by atoms with van der Waals surface area (Å²) in [5.74, 6) is 0.880. The molecule has 1 heterocycles. The minimum Gasteiger partial charge on any atom is -0.497 e. The van der Waals surface area contributed by atoms with E-state index in [9.17, 15) is 0 Å². The molecule has 5 rings (SSSR count). The molecule has 0 amide bonds. The first-order valence-corrected chi connectivity index (χ1v) is 10.4. The van der Waals surface area contributed by atoms with E-state index in [2.05, 4.69) is 108 Å². The van der Waals surface area contributed by atoms with Gasteiger partial charge < -0.3 is 9.64 Å². The molecule has 148 valence electrons. The molecule has 1 aliphatic rings. The third kappa shape index (κ3) is 3.05. The van der Waals surface area contributed by atoms with Crippen molar-refractivity contribution in [3.8, 4) is 5.75 Å². The maximum atomic E-state index is 5.39. The first kappa shape index (κ1) is 18.5. The van der Waals surface area contributed by atoms with E-state index in [4.69, 9.17) is 4.74 Å². The standard InChI is InChI=1S/C28H25NO/c1-30-26-19-17-25(18-20-26)29-27(21-22-11-5-2-6-12-22)28(29,23-13-7-3-8-14-23)24-15-9-4-10-16-24/h2-20,27H,21H2,1H3/t27-,29?/m0/s1. The fourth-order valence-electron chi connectivity index (χ4n) is 4.76. The first-order chi connectivity index (χ1) is 14.8. The minimum absolute atomic E-state index is 0.188. The predicted molar refractivity (Wildman–Crippen MR) is 123 cm³/mol. The van der Waals surface area contributed by atoms with Gasteiger partial charge in [-0.3, -0.25) is 0 Å². The molecule has 30 heavy (non-hydrogen) atoms. The van der Waals surface area contributed by atoms with Crippen LogP contribution >= 0.6 is 0 Å². The Hall–Kier alpha value is -3.52. The molecule has 1 fully saturated rings. The highest BCUT2D eigenvalue weighted by Crippen LogP contribution is 2.58. The summed E-state index contributed by atoms with van der Waals surface area (Å²) in [6.45, 7) is 0. The van der Waals surface area contributed by atoms with Crippen LogP contribution in [0.4, 0.5) is 5.69 Å². The van der Waals surface area contributed by atoms with Gasteiger partial charge >= 0.3 is 0 Å². The highest BCUT2D eigenvalue weighted by molar-refractivity contribution is 5.70. The zero-order valence-electron chi connectivity index (χ0n) is 17.1. The molecule has 2 heteroatoms. The summed E-state index contributed by atoms with van der Waals surface area (Å²) < 4.78 is 5.39. The Morgan fingerprint density at radius 2 is 1.17 bits per heavy atom. The van der Waals surface area contributed by atoms with Crippen molar-refractivity contribution in [3.05, 3.63) is 132 Å². The van der Waals surface area contributed by atoms with Crippen LogP contribution in [-0.2, 0) is 12.0 Å². The largest absolute Gasteiger partial charge is 0.497 e. The molecular formula is C28H25NO.